The highest BCUT2D eigenvalue weighted by atomic mass is 32.1. The average molecular weight is 496 g/mol. The molecule has 0 saturated carbocycles. The molecule has 1 fully saturated rings. The van der Waals surface area contributed by atoms with Gasteiger partial charge in [-0.3, -0.25) is 14.4 Å². The van der Waals surface area contributed by atoms with Gasteiger partial charge in [-0.15, -0.1) is 10.2 Å². The van der Waals surface area contributed by atoms with E-state index in [9.17, 15) is 18.8 Å². The number of likely N-dealkylation sites (tertiary alicyclic amines) is 1. The first-order chi connectivity index (χ1) is 16.8. The first kappa shape index (κ1) is 24.5. The van der Waals surface area contributed by atoms with E-state index in [1.165, 1.54) is 29.8 Å². The highest BCUT2D eigenvalue weighted by molar-refractivity contribution is 7.15. The van der Waals surface area contributed by atoms with Crippen molar-refractivity contribution in [2.45, 2.75) is 33.1 Å². The second-order valence-electron chi connectivity index (χ2n) is 8.66. The number of anilines is 2. The molecule has 0 bridgehead atoms. The van der Waals surface area contributed by atoms with Crippen molar-refractivity contribution in [1.82, 2.24) is 15.1 Å². The van der Waals surface area contributed by atoms with Gasteiger partial charge >= 0.3 is 0 Å². The molecule has 10 heteroatoms. The van der Waals surface area contributed by atoms with E-state index in [1.807, 2.05) is 32.0 Å². The van der Waals surface area contributed by atoms with E-state index in [1.54, 1.807) is 4.90 Å². The Morgan fingerprint density at radius 3 is 2.29 bits per heavy atom. The standard InChI is InChI=1S/C25H26FN5O3S/c1-15-3-6-20(13-16(15)2)27-21(32)14-17-9-11-31(12-10-17)25(34)24-30-29-23(35-24)22(33)28-19-7-4-18(26)5-8-19/h3-8,13,17H,9-12,14H2,1-2H3,(H,27,32)(H,28,33). The second kappa shape index (κ2) is 10.7. The molecule has 1 aromatic heterocycles. The molecule has 8 nitrogen and oxygen atoms in total. The van der Waals surface area contributed by atoms with Crippen LogP contribution in [0.5, 0.6) is 0 Å². The zero-order chi connectivity index (χ0) is 24.9. The summed E-state index contributed by atoms with van der Waals surface area (Å²) in [6.45, 7) is 5.06. The van der Waals surface area contributed by atoms with Gasteiger partial charge in [0.2, 0.25) is 15.9 Å². The summed E-state index contributed by atoms with van der Waals surface area (Å²) in [5.41, 5.74) is 3.52. The van der Waals surface area contributed by atoms with Crippen LogP contribution in [0.1, 0.15) is 50.0 Å². The molecule has 4 rings (SSSR count). The summed E-state index contributed by atoms with van der Waals surface area (Å²) >= 11 is 0.916. The Labute approximate surface area is 206 Å². The monoisotopic (exact) mass is 495 g/mol. The minimum absolute atomic E-state index is 0.0287. The number of carbonyl (C=O) groups is 3. The SMILES string of the molecule is Cc1ccc(NC(=O)CC2CCN(C(=O)c3nnc(C(=O)Nc4ccc(F)cc4)s3)CC2)cc1C. The molecule has 0 aliphatic carbocycles. The normalized spacial score (nSPS) is 14.0. The molecule has 2 aromatic carbocycles. The predicted molar refractivity (Wildman–Crippen MR) is 132 cm³/mol. The third-order valence-electron chi connectivity index (χ3n) is 6.07. The zero-order valence-corrected chi connectivity index (χ0v) is 20.3. The third kappa shape index (κ3) is 6.27. The van der Waals surface area contributed by atoms with Gasteiger partial charge in [-0.25, -0.2) is 4.39 Å². The largest absolute Gasteiger partial charge is 0.337 e. The summed E-state index contributed by atoms with van der Waals surface area (Å²) in [5.74, 6) is -1.03. The molecular formula is C25H26FN5O3S. The van der Waals surface area contributed by atoms with Crippen molar-refractivity contribution < 1.29 is 18.8 Å². The number of aromatic nitrogens is 2. The van der Waals surface area contributed by atoms with Crippen LogP contribution in [-0.2, 0) is 4.79 Å². The summed E-state index contributed by atoms with van der Waals surface area (Å²) in [6.07, 6.45) is 1.83. The Balaban J connectivity index is 1.26. The molecule has 0 atom stereocenters. The smallest absolute Gasteiger partial charge is 0.286 e. The van der Waals surface area contributed by atoms with Gasteiger partial charge < -0.3 is 15.5 Å². The van der Waals surface area contributed by atoms with Gasteiger partial charge in [-0.2, -0.15) is 0 Å². The van der Waals surface area contributed by atoms with Crippen LogP contribution in [0.4, 0.5) is 15.8 Å². The lowest BCUT2D eigenvalue weighted by atomic mass is 9.93. The first-order valence-corrected chi connectivity index (χ1v) is 12.2. The lowest BCUT2D eigenvalue weighted by Gasteiger charge is -2.31. The lowest BCUT2D eigenvalue weighted by molar-refractivity contribution is -0.117. The van der Waals surface area contributed by atoms with Crippen molar-refractivity contribution in [3.8, 4) is 0 Å². The minimum Gasteiger partial charge on any atom is -0.337 e. The molecule has 0 radical (unpaired) electrons. The summed E-state index contributed by atoms with van der Waals surface area (Å²) in [5, 5.41) is 13.5. The number of amides is 3. The van der Waals surface area contributed by atoms with Crippen LogP contribution in [0, 0.1) is 25.6 Å². The topological polar surface area (TPSA) is 104 Å². The zero-order valence-electron chi connectivity index (χ0n) is 19.5. The van der Waals surface area contributed by atoms with E-state index in [2.05, 4.69) is 20.8 Å². The fraction of sp³-hybridized carbons (Fsp3) is 0.320. The number of rotatable bonds is 6. The molecular weight excluding hydrogens is 469 g/mol. The fourth-order valence-corrected chi connectivity index (χ4v) is 4.59. The molecule has 1 aliphatic rings. The number of piperidine rings is 1. The molecule has 2 heterocycles. The van der Waals surface area contributed by atoms with Gasteiger partial charge in [0.25, 0.3) is 11.8 Å². The minimum atomic E-state index is -0.512. The first-order valence-electron chi connectivity index (χ1n) is 11.4. The maximum Gasteiger partial charge on any atom is 0.286 e. The van der Waals surface area contributed by atoms with Crippen LogP contribution < -0.4 is 10.6 Å². The van der Waals surface area contributed by atoms with Gasteiger partial charge in [0.15, 0.2) is 0 Å². The third-order valence-corrected chi connectivity index (χ3v) is 6.98. The summed E-state index contributed by atoms with van der Waals surface area (Å²) in [7, 11) is 0. The molecule has 1 saturated heterocycles. The van der Waals surface area contributed by atoms with Crippen LogP contribution in [0.3, 0.4) is 0 Å². The second-order valence-corrected chi connectivity index (χ2v) is 9.64. The highest BCUT2D eigenvalue weighted by Gasteiger charge is 2.28. The maximum absolute atomic E-state index is 13.0. The van der Waals surface area contributed by atoms with E-state index in [-0.39, 0.29) is 27.7 Å². The number of halogens is 1. The Morgan fingerprint density at radius 1 is 0.943 bits per heavy atom. The van der Waals surface area contributed by atoms with Crippen molar-refractivity contribution in [1.29, 1.82) is 0 Å². The van der Waals surface area contributed by atoms with Gasteiger partial charge in [0.1, 0.15) is 5.82 Å². The van der Waals surface area contributed by atoms with Crippen molar-refractivity contribution in [3.63, 3.8) is 0 Å². The van der Waals surface area contributed by atoms with Crippen molar-refractivity contribution in [2.75, 3.05) is 23.7 Å². The van der Waals surface area contributed by atoms with E-state index in [4.69, 9.17) is 0 Å². The van der Waals surface area contributed by atoms with Crippen molar-refractivity contribution in [3.05, 3.63) is 69.4 Å². The van der Waals surface area contributed by atoms with E-state index in [0.29, 0.717) is 38.0 Å². The van der Waals surface area contributed by atoms with E-state index < -0.39 is 11.7 Å². The number of hydrogen-bond acceptors (Lipinski definition) is 6. The quantitative estimate of drug-likeness (QED) is 0.527. The van der Waals surface area contributed by atoms with Crippen LogP contribution in [-0.4, -0.2) is 45.9 Å². The van der Waals surface area contributed by atoms with Gasteiger partial charge in [0, 0.05) is 30.9 Å². The summed E-state index contributed by atoms with van der Waals surface area (Å²) < 4.78 is 13.0. The van der Waals surface area contributed by atoms with E-state index >= 15 is 0 Å². The summed E-state index contributed by atoms with van der Waals surface area (Å²) in [4.78, 5) is 39.3. The van der Waals surface area contributed by atoms with Crippen molar-refractivity contribution >= 4 is 40.4 Å². The van der Waals surface area contributed by atoms with Crippen LogP contribution >= 0.6 is 11.3 Å². The predicted octanol–water partition coefficient (Wildman–Crippen LogP) is 4.43. The van der Waals surface area contributed by atoms with Crippen molar-refractivity contribution in [2.24, 2.45) is 5.92 Å². The number of nitrogens with zero attached hydrogens (tertiary/aromatic N) is 3. The number of carbonyl (C=O) groups excluding carboxylic acids is 3. The van der Waals surface area contributed by atoms with Gasteiger partial charge in [0.05, 0.1) is 0 Å². The van der Waals surface area contributed by atoms with Gasteiger partial charge in [-0.1, -0.05) is 17.4 Å². The fourth-order valence-electron chi connectivity index (χ4n) is 3.89. The number of benzene rings is 2. The highest BCUT2D eigenvalue weighted by Crippen LogP contribution is 2.24. The molecule has 3 aromatic rings. The van der Waals surface area contributed by atoms with Crippen LogP contribution in [0.25, 0.3) is 0 Å². The Bertz CT molecular complexity index is 1240. The summed E-state index contributed by atoms with van der Waals surface area (Å²) in [6, 6.07) is 11.2. The Hall–Kier alpha value is -3.66. The Morgan fingerprint density at radius 2 is 1.60 bits per heavy atom. The number of aryl methyl sites for hydroxylation is 2. The lowest BCUT2D eigenvalue weighted by Crippen LogP contribution is -2.39. The van der Waals surface area contributed by atoms with Gasteiger partial charge in [-0.05, 0) is 80.1 Å². The molecule has 0 spiro atoms. The Kier molecular flexibility index (Phi) is 7.50. The molecule has 182 valence electrons. The number of hydrogen-bond donors (Lipinski definition) is 2. The van der Waals surface area contributed by atoms with Crippen LogP contribution in [0.15, 0.2) is 42.5 Å². The van der Waals surface area contributed by atoms with E-state index in [0.717, 1.165) is 22.6 Å². The molecule has 2 N–H and O–H groups in total. The number of nitrogens with one attached hydrogen (secondary N) is 2. The molecule has 3 amide bonds. The van der Waals surface area contributed by atoms with Crippen LogP contribution in [0.2, 0.25) is 0 Å². The molecule has 35 heavy (non-hydrogen) atoms. The molecule has 0 unspecified atom stereocenters. The molecule has 1 aliphatic heterocycles. The maximum atomic E-state index is 13.0. The average Bonchev–Trinajstić information content (AvgIpc) is 3.33.